The molecule has 1 aliphatic rings. The zero-order chi connectivity index (χ0) is 19.6. The Morgan fingerprint density at radius 1 is 0.852 bits per heavy atom. The number of hydrogen-bond acceptors (Lipinski definition) is 6. The number of aliphatic hydroxyl groups excluding tert-OH is 1. The third-order valence-electron chi connectivity index (χ3n) is 4.64. The van der Waals surface area contributed by atoms with Gasteiger partial charge >= 0.3 is 0 Å². The summed E-state index contributed by atoms with van der Waals surface area (Å²) in [5.41, 5.74) is 2.68. The Hall–Kier alpha value is -2.99. The fraction of sp³-hybridized carbons (Fsp3) is 0.286. The van der Waals surface area contributed by atoms with E-state index in [0.29, 0.717) is 28.4 Å². The molecule has 0 fully saturated rings. The number of hydrogen-bond donors (Lipinski definition) is 1. The Balaban J connectivity index is 2.19. The summed E-state index contributed by atoms with van der Waals surface area (Å²) in [6.07, 6.45) is -0.826. The zero-order valence-electron chi connectivity index (χ0n) is 15.7. The van der Waals surface area contributed by atoms with Crippen LogP contribution < -0.4 is 18.9 Å². The summed E-state index contributed by atoms with van der Waals surface area (Å²) in [5, 5.41) is 10.2. The smallest absolute Gasteiger partial charge is 0.203 e. The van der Waals surface area contributed by atoms with Crippen molar-refractivity contribution in [3.8, 4) is 23.0 Å². The van der Waals surface area contributed by atoms with Crippen molar-refractivity contribution < 1.29 is 28.8 Å². The van der Waals surface area contributed by atoms with Crippen molar-refractivity contribution in [3.05, 3.63) is 47.5 Å². The van der Waals surface area contributed by atoms with Gasteiger partial charge in [-0.1, -0.05) is 12.1 Å². The number of ether oxygens (including phenoxy) is 4. The van der Waals surface area contributed by atoms with E-state index in [9.17, 15) is 9.90 Å². The third kappa shape index (κ3) is 3.36. The topological polar surface area (TPSA) is 74.2 Å². The highest BCUT2D eigenvalue weighted by atomic mass is 16.5. The molecular weight excluding hydrogens is 348 g/mol. The summed E-state index contributed by atoms with van der Waals surface area (Å²) < 4.78 is 21.3. The molecule has 1 aliphatic carbocycles. The van der Waals surface area contributed by atoms with Gasteiger partial charge in [-0.3, -0.25) is 4.79 Å². The summed E-state index contributed by atoms with van der Waals surface area (Å²) in [6, 6.07) is 10.8. The molecule has 1 N–H and O–H groups in total. The van der Waals surface area contributed by atoms with Gasteiger partial charge in [0.1, 0.15) is 11.9 Å². The average Bonchev–Trinajstić information content (AvgIpc) is 3.01. The minimum atomic E-state index is -1.07. The van der Waals surface area contributed by atoms with E-state index >= 15 is 0 Å². The highest BCUT2D eigenvalue weighted by Gasteiger charge is 2.34. The number of methoxy groups -OCH3 is 4. The van der Waals surface area contributed by atoms with Crippen LogP contribution in [0.1, 0.15) is 17.5 Å². The van der Waals surface area contributed by atoms with E-state index in [1.54, 1.807) is 19.2 Å². The lowest BCUT2D eigenvalue weighted by Gasteiger charge is -2.15. The molecule has 0 unspecified atom stereocenters. The van der Waals surface area contributed by atoms with Crippen LogP contribution in [0.15, 0.2) is 36.4 Å². The second kappa shape index (κ2) is 7.72. The molecule has 6 nitrogen and oxygen atoms in total. The zero-order valence-corrected chi connectivity index (χ0v) is 15.7. The lowest BCUT2D eigenvalue weighted by Crippen LogP contribution is -2.14. The molecule has 2 aromatic carbocycles. The number of rotatable bonds is 6. The number of carbonyl (C=O) groups is 1. The maximum Gasteiger partial charge on any atom is 0.203 e. The van der Waals surface area contributed by atoms with Gasteiger partial charge in [-0.05, 0) is 41.0 Å². The van der Waals surface area contributed by atoms with E-state index in [1.165, 1.54) is 21.3 Å². The van der Waals surface area contributed by atoms with Gasteiger partial charge in [0.2, 0.25) is 5.75 Å². The Labute approximate surface area is 157 Å². The minimum Gasteiger partial charge on any atom is -0.497 e. The van der Waals surface area contributed by atoms with Crippen LogP contribution in [0.5, 0.6) is 23.0 Å². The molecule has 6 heteroatoms. The second-order valence-corrected chi connectivity index (χ2v) is 6.08. The Kier molecular flexibility index (Phi) is 5.37. The number of Topliss-reactive ketones (excluding diaryl/α,β-unsaturated/α-hetero) is 1. The summed E-state index contributed by atoms with van der Waals surface area (Å²) >= 11 is 0. The van der Waals surface area contributed by atoms with Crippen LogP contribution in [0.4, 0.5) is 0 Å². The summed E-state index contributed by atoms with van der Waals surface area (Å²) in [7, 11) is 6.15. The molecule has 0 heterocycles. The molecule has 0 saturated carbocycles. The minimum absolute atomic E-state index is 0.247. The highest BCUT2D eigenvalue weighted by Crippen LogP contribution is 2.44. The van der Waals surface area contributed by atoms with Crippen LogP contribution in [0, 0.1) is 0 Å². The first-order chi connectivity index (χ1) is 13.0. The van der Waals surface area contributed by atoms with Crippen LogP contribution in [-0.4, -0.2) is 45.4 Å². The van der Waals surface area contributed by atoms with E-state index in [2.05, 4.69) is 0 Å². The van der Waals surface area contributed by atoms with Crippen molar-refractivity contribution in [2.75, 3.05) is 28.4 Å². The quantitative estimate of drug-likeness (QED) is 0.843. The summed E-state index contributed by atoms with van der Waals surface area (Å²) in [5.74, 6) is 1.74. The largest absolute Gasteiger partial charge is 0.497 e. The van der Waals surface area contributed by atoms with E-state index in [-0.39, 0.29) is 12.2 Å². The molecule has 142 valence electrons. The lowest BCUT2D eigenvalue weighted by molar-refractivity contribution is -0.120. The van der Waals surface area contributed by atoms with Crippen molar-refractivity contribution in [3.63, 3.8) is 0 Å². The maximum absolute atomic E-state index is 12.7. The van der Waals surface area contributed by atoms with Gasteiger partial charge in [0.15, 0.2) is 17.3 Å². The second-order valence-electron chi connectivity index (χ2n) is 6.08. The number of benzene rings is 2. The molecule has 0 aromatic heterocycles. The first kappa shape index (κ1) is 18.8. The SMILES string of the molecule is COc1ccc(C2=C(c3cc(OC)c(OC)c(OC)c3)C(=O)[C@@H](O)C2)cc1. The van der Waals surface area contributed by atoms with Gasteiger partial charge in [-0.25, -0.2) is 0 Å². The predicted molar refractivity (Wildman–Crippen MR) is 102 cm³/mol. The van der Waals surface area contributed by atoms with Gasteiger partial charge in [-0.2, -0.15) is 0 Å². The van der Waals surface area contributed by atoms with E-state index < -0.39 is 6.10 Å². The van der Waals surface area contributed by atoms with Gasteiger partial charge in [-0.15, -0.1) is 0 Å². The molecule has 3 rings (SSSR count). The van der Waals surface area contributed by atoms with E-state index in [4.69, 9.17) is 18.9 Å². The Morgan fingerprint density at radius 3 is 1.93 bits per heavy atom. The van der Waals surface area contributed by atoms with Crippen molar-refractivity contribution in [2.45, 2.75) is 12.5 Å². The van der Waals surface area contributed by atoms with Gasteiger partial charge in [0.05, 0.1) is 28.4 Å². The first-order valence-corrected chi connectivity index (χ1v) is 8.44. The standard InChI is InChI=1S/C21H22O6/c1-24-14-7-5-12(6-8-14)15-11-16(22)20(23)19(15)13-9-17(25-2)21(27-4)18(10-13)26-3/h5-10,16,22H,11H2,1-4H3/t16-/m0/s1. The van der Waals surface area contributed by atoms with Crippen molar-refractivity contribution >= 4 is 16.9 Å². The molecule has 0 amide bonds. The van der Waals surface area contributed by atoms with Crippen LogP contribution in [0.2, 0.25) is 0 Å². The highest BCUT2D eigenvalue weighted by molar-refractivity contribution is 6.33. The molecule has 0 saturated heterocycles. The van der Waals surface area contributed by atoms with E-state index in [1.807, 2.05) is 24.3 Å². The fourth-order valence-electron chi connectivity index (χ4n) is 3.30. The van der Waals surface area contributed by atoms with Gasteiger partial charge in [0.25, 0.3) is 0 Å². The molecule has 0 bridgehead atoms. The normalized spacial score (nSPS) is 16.5. The Bertz CT molecular complexity index is 857. The number of ketones is 1. The van der Waals surface area contributed by atoms with Gasteiger partial charge < -0.3 is 24.1 Å². The molecule has 0 spiro atoms. The molecular formula is C21H22O6. The lowest BCUT2D eigenvalue weighted by atomic mass is 9.96. The average molecular weight is 370 g/mol. The fourth-order valence-corrected chi connectivity index (χ4v) is 3.30. The van der Waals surface area contributed by atoms with Crippen molar-refractivity contribution in [1.29, 1.82) is 0 Å². The summed E-state index contributed by atoms with van der Waals surface area (Å²) in [6.45, 7) is 0. The molecule has 27 heavy (non-hydrogen) atoms. The van der Waals surface area contributed by atoms with Crippen LogP contribution in [-0.2, 0) is 4.79 Å². The molecule has 2 aromatic rings. The molecule has 0 radical (unpaired) electrons. The van der Waals surface area contributed by atoms with Crippen LogP contribution in [0.3, 0.4) is 0 Å². The first-order valence-electron chi connectivity index (χ1n) is 8.44. The predicted octanol–water partition coefficient (Wildman–Crippen LogP) is 2.97. The van der Waals surface area contributed by atoms with E-state index in [0.717, 1.165) is 16.9 Å². The van der Waals surface area contributed by atoms with Gasteiger partial charge in [0, 0.05) is 12.0 Å². The Morgan fingerprint density at radius 2 is 1.44 bits per heavy atom. The maximum atomic E-state index is 12.7. The summed E-state index contributed by atoms with van der Waals surface area (Å²) in [4.78, 5) is 12.7. The van der Waals surface area contributed by atoms with Crippen molar-refractivity contribution in [2.24, 2.45) is 0 Å². The molecule has 1 atom stereocenters. The number of aliphatic hydroxyl groups is 1. The molecule has 0 aliphatic heterocycles. The van der Waals surface area contributed by atoms with Crippen LogP contribution in [0.25, 0.3) is 11.1 Å². The third-order valence-corrected chi connectivity index (χ3v) is 4.64. The monoisotopic (exact) mass is 370 g/mol. The van der Waals surface area contributed by atoms with Crippen LogP contribution >= 0.6 is 0 Å². The number of carbonyl (C=O) groups excluding carboxylic acids is 1. The van der Waals surface area contributed by atoms with Crippen molar-refractivity contribution in [1.82, 2.24) is 0 Å².